The van der Waals surface area contributed by atoms with Gasteiger partial charge in [0.15, 0.2) is 0 Å². The fourth-order valence-corrected chi connectivity index (χ4v) is 5.39. The molecule has 3 aromatic rings. The molecular formula is C31H36N2O3. The lowest BCUT2D eigenvalue weighted by Crippen LogP contribution is -2.50. The number of carbonyl (C=O) groups is 2. The van der Waals surface area contributed by atoms with Crippen LogP contribution in [0.5, 0.6) is 0 Å². The summed E-state index contributed by atoms with van der Waals surface area (Å²) in [5.74, 6) is -0.653. The summed E-state index contributed by atoms with van der Waals surface area (Å²) in [6.45, 7) is 9.69. The molecule has 1 saturated heterocycles. The summed E-state index contributed by atoms with van der Waals surface area (Å²) in [7, 11) is 0. The van der Waals surface area contributed by atoms with Crippen molar-refractivity contribution in [3.05, 3.63) is 108 Å². The molecule has 5 heteroatoms. The van der Waals surface area contributed by atoms with Gasteiger partial charge in [-0.05, 0) is 36.5 Å². The third-order valence-electron chi connectivity index (χ3n) is 6.85. The van der Waals surface area contributed by atoms with Gasteiger partial charge in [-0.2, -0.15) is 0 Å². The number of nitrogens with zero attached hydrogens (tertiary/aromatic N) is 2. The molecule has 4 rings (SSSR count). The van der Waals surface area contributed by atoms with Crippen LogP contribution in [-0.2, 0) is 22.6 Å². The van der Waals surface area contributed by atoms with Gasteiger partial charge in [0.1, 0.15) is 5.60 Å². The van der Waals surface area contributed by atoms with Gasteiger partial charge in [-0.25, -0.2) is 9.69 Å². The van der Waals surface area contributed by atoms with Crippen LogP contribution >= 0.6 is 0 Å². The quantitative estimate of drug-likeness (QED) is 0.360. The van der Waals surface area contributed by atoms with Crippen molar-refractivity contribution in [2.45, 2.75) is 58.3 Å². The molecule has 188 valence electrons. The zero-order chi connectivity index (χ0) is 25.7. The molecule has 5 nitrogen and oxygen atoms in total. The van der Waals surface area contributed by atoms with Gasteiger partial charge in [0.05, 0.1) is 12.0 Å². The highest BCUT2D eigenvalue weighted by Gasteiger charge is 2.53. The second-order valence-corrected chi connectivity index (χ2v) is 10.5. The molecule has 3 aromatic carbocycles. The minimum Gasteiger partial charge on any atom is -0.441 e. The van der Waals surface area contributed by atoms with Gasteiger partial charge in [0.2, 0.25) is 5.91 Å². The standard InChI is InChI=1S/C31H36N2O3/c1-23(2)28-31(3,4)36-30(35)33(28)29(34)27(26-18-12-7-13-19-26)22-32(20-24-14-8-5-9-15-24)21-25-16-10-6-11-17-25/h5-19,23,27-28H,20-22H2,1-4H3/t27-,28+/m1/s1. The van der Waals surface area contributed by atoms with Crippen LogP contribution in [0.15, 0.2) is 91.0 Å². The van der Waals surface area contributed by atoms with Crippen molar-refractivity contribution < 1.29 is 14.3 Å². The molecule has 0 aliphatic carbocycles. The van der Waals surface area contributed by atoms with Crippen molar-refractivity contribution >= 4 is 12.0 Å². The normalized spacial score (nSPS) is 17.9. The Morgan fingerprint density at radius 3 is 1.81 bits per heavy atom. The third-order valence-corrected chi connectivity index (χ3v) is 6.85. The maximum atomic E-state index is 14.2. The van der Waals surface area contributed by atoms with Crippen molar-refractivity contribution in [1.29, 1.82) is 0 Å². The van der Waals surface area contributed by atoms with Gasteiger partial charge in [-0.15, -0.1) is 0 Å². The number of rotatable bonds is 9. The third kappa shape index (κ3) is 5.85. The Hall–Kier alpha value is -3.44. The first-order valence-corrected chi connectivity index (χ1v) is 12.7. The topological polar surface area (TPSA) is 49.9 Å². The van der Waals surface area contributed by atoms with Gasteiger partial charge in [0.25, 0.3) is 0 Å². The zero-order valence-corrected chi connectivity index (χ0v) is 21.6. The van der Waals surface area contributed by atoms with Gasteiger partial charge < -0.3 is 4.74 Å². The molecule has 0 aromatic heterocycles. The average Bonchev–Trinajstić information content (AvgIpc) is 3.12. The van der Waals surface area contributed by atoms with E-state index < -0.39 is 17.6 Å². The van der Waals surface area contributed by atoms with E-state index in [0.29, 0.717) is 19.6 Å². The molecule has 1 fully saturated rings. The lowest BCUT2D eigenvalue weighted by Gasteiger charge is -2.34. The summed E-state index contributed by atoms with van der Waals surface area (Å²) in [4.78, 5) is 30.9. The van der Waals surface area contributed by atoms with Crippen molar-refractivity contribution in [3.63, 3.8) is 0 Å². The Morgan fingerprint density at radius 1 is 0.861 bits per heavy atom. The van der Waals surface area contributed by atoms with Gasteiger partial charge >= 0.3 is 6.09 Å². The number of ether oxygens (including phenoxy) is 1. The van der Waals surface area contributed by atoms with E-state index in [1.807, 2.05) is 94.4 Å². The highest BCUT2D eigenvalue weighted by atomic mass is 16.6. The van der Waals surface area contributed by atoms with E-state index in [-0.39, 0.29) is 17.9 Å². The summed E-state index contributed by atoms with van der Waals surface area (Å²) in [6.07, 6.45) is -0.553. The molecule has 1 aliphatic heterocycles. The van der Waals surface area contributed by atoms with Crippen LogP contribution in [0.4, 0.5) is 4.79 Å². The van der Waals surface area contributed by atoms with E-state index in [0.717, 1.165) is 5.56 Å². The van der Waals surface area contributed by atoms with E-state index >= 15 is 0 Å². The predicted octanol–water partition coefficient (Wildman–Crippen LogP) is 6.25. The van der Waals surface area contributed by atoms with E-state index in [4.69, 9.17) is 4.74 Å². The number of hydrogen-bond acceptors (Lipinski definition) is 4. The second-order valence-electron chi connectivity index (χ2n) is 10.5. The molecule has 0 spiro atoms. The highest BCUT2D eigenvalue weighted by Crippen LogP contribution is 2.36. The molecule has 0 unspecified atom stereocenters. The van der Waals surface area contributed by atoms with E-state index in [9.17, 15) is 9.59 Å². The monoisotopic (exact) mass is 484 g/mol. The van der Waals surface area contributed by atoms with Crippen LogP contribution < -0.4 is 0 Å². The van der Waals surface area contributed by atoms with E-state index in [1.54, 1.807) is 0 Å². The largest absolute Gasteiger partial charge is 0.441 e. The Bertz CT molecular complexity index is 1100. The number of carbonyl (C=O) groups excluding carboxylic acids is 2. The zero-order valence-electron chi connectivity index (χ0n) is 21.6. The van der Waals surface area contributed by atoms with Crippen molar-refractivity contribution in [2.24, 2.45) is 5.92 Å². The van der Waals surface area contributed by atoms with Crippen LogP contribution in [0, 0.1) is 5.92 Å². The first-order valence-electron chi connectivity index (χ1n) is 12.7. The summed E-state index contributed by atoms with van der Waals surface area (Å²) in [5.41, 5.74) is 2.51. The number of hydrogen-bond donors (Lipinski definition) is 0. The molecule has 0 saturated carbocycles. The first kappa shape index (κ1) is 25.6. The van der Waals surface area contributed by atoms with Crippen LogP contribution in [0.3, 0.4) is 0 Å². The van der Waals surface area contributed by atoms with E-state index in [1.165, 1.54) is 16.0 Å². The molecule has 0 radical (unpaired) electrons. The Labute approximate surface area is 214 Å². The SMILES string of the molecule is CC(C)[C@@H]1N(C(=O)[C@H](CN(Cc2ccccc2)Cc2ccccc2)c2ccccc2)C(=O)OC1(C)C. The smallest absolute Gasteiger partial charge is 0.417 e. The van der Waals surface area contributed by atoms with Gasteiger partial charge in [-0.1, -0.05) is 105 Å². The summed E-state index contributed by atoms with van der Waals surface area (Å²) in [6, 6.07) is 30.0. The van der Waals surface area contributed by atoms with Gasteiger partial charge in [-0.3, -0.25) is 9.69 Å². The molecule has 36 heavy (non-hydrogen) atoms. The number of imide groups is 1. The minimum atomic E-state index is -0.740. The van der Waals surface area contributed by atoms with E-state index in [2.05, 4.69) is 29.2 Å². The minimum absolute atomic E-state index is 0.0663. The van der Waals surface area contributed by atoms with Crippen molar-refractivity contribution in [1.82, 2.24) is 9.80 Å². The number of cyclic esters (lactones) is 1. The van der Waals surface area contributed by atoms with Crippen molar-refractivity contribution in [2.75, 3.05) is 6.54 Å². The van der Waals surface area contributed by atoms with Crippen LogP contribution in [0.25, 0.3) is 0 Å². The molecule has 2 atom stereocenters. The summed E-state index contributed by atoms with van der Waals surface area (Å²) < 4.78 is 5.69. The molecule has 1 heterocycles. The number of benzene rings is 3. The lowest BCUT2D eigenvalue weighted by atomic mass is 9.87. The fourth-order valence-electron chi connectivity index (χ4n) is 5.39. The Balaban J connectivity index is 1.69. The molecular weight excluding hydrogens is 448 g/mol. The molecule has 0 bridgehead atoms. The lowest BCUT2D eigenvalue weighted by molar-refractivity contribution is -0.132. The van der Waals surface area contributed by atoms with Gasteiger partial charge in [0, 0.05) is 19.6 Å². The van der Waals surface area contributed by atoms with Crippen LogP contribution in [-0.4, -0.2) is 40.0 Å². The average molecular weight is 485 g/mol. The molecule has 0 N–H and O–H groups in total. The maximum Gasteiger partial charge on any atom is 0.417 e. The molecule has 1 aliphatic rings. The Kier molecular flexibility index (Phi) is 7.90. The second kappa shape index (κ2) is 11.1. The summed E-state index contributed by atoms with van der Waals surface area (Å²) in [5, 5.41) is 0. The van der Waals surface area contributed by atoms with Crippen LogP contribution in [0.2, 0.25) is 0 Å². The number of amides is 2. The van der Waals surface area contributed by atoms with Crippen molar-refractivity contribution in [3.8, 4) is 0 Å². The Morgan fingerprint density at radius 2 is 1.33 bits per heavy atom. The van der Waals surface area contributed by atoms with Crippen LogP contribution in [0.1, 0.15) is 50.3 Å². The maximum absolute atomic E-state index is 14.2. The first-order chi connectivity index (χ1) is 17.3. The predicted molar refractivity (Wildman–Crippen MR) is 142 cm³/mol. The summed E-state index contributed by atoms with van der Waals surface area (Å²) >= 11 is 0. The molecule has 2 amide bonds. The fraction of sp³-hybridized carbons (Fsp3) is 0.355. The highest BCUT2D eigenvalue weighted by molar-refractivity contribution is 5.97.